The lowest BCUT2D eigenvalue weighted by Crippen LogP contribution is -2.41. The largest absolute Gasteiger partial charge is 0.495 e. The highest BCUT2D eigenvalue weighted by molar-refractivity contribution is 7.16. The van der Waals surface area contributed by atoms with Gasteiger partial charge in [0.2, 0.25) is 5.91 Å². The van der Waals surface area contributed by atoms with E-state index in [9.17, 15) is 9.90 Å². The van der Waals surface area contributed by atoms with Crippen LogP contribution in [0.4, 0.5) is 5.69 Å². The van der Waals surface area contributed by atoms with E-state index in [1.807, 2.05) is 29.3 Å². The SMILES string of the molecule is C#Cc1cc([C@H]2CC[C@H](CN(c3cccc(-c4cnc(OC)s4)c3)C(=O)[C@H]3CC[C@H](O)CC3)CC2)ccc1OC. The first-order valence-corrected chi connectivity index (χ1v) is 15.0. The number of carbonyl (C=O) groups excluding carboxylic acids is 1. The Morgan fingerprint density at radius 1 is 1.05 bits per heavy atom. The molecule has 2 fully saturated rings. The van der Waals surface area contributed by atoms with E-state index in [4.69, 9.17) is 15.9 Å². The van der Waals surface area contributed by atoms with Gasteiger partial charge in [-0.2, -0.15) is 0 Å². The number of nitrogens with zero attached hydrogens (tertiary/aromatic N) is 2. The number of hydrogen-bond donors (Lipinski definition) is 1. The van der Waals surface area contributed by atoms with Gasteiger partial charge in [-0.3, -0.25) is 4.79 Å². The van der Waals surface area contributed by atoms with Crippen LogP contribution in [0.5, 0.6) is 10.9 Å². The van der Waals surface area contributed by atoms with E-state index < -0.39 is 0 Å². The maximum absolute atomic E-state index is 14.0. The lowest BCUT2D eigenvalue weighted by Gasteiger charge is -2.36. The van der Waals surface area contributed by atoms with Gasteiger partial charge in [0.05, 0.1) is 30.8 Å². The fourth-order valence-corrected chi connectivity index (χ4v) is 6.93. The van der Waals surface area contributed by atoms with E-state index in [-0.39, 0.29) is 17.9 Å². The molecule has 0 bridgehead atoms. The van der Waals surface area contributed by atoms with Crippen LogP contribution in [0.25, 0.3) is 10.4 Å². The van der Waals surface area contributed by atoms with Crippen LogP contribution >= 0.6 is 11.3 Å². The predicted octanol–water partition coefficient (Wildman–Crippen LogP) is 6.67. The molecule has 0 spiro atoms. The van der Waals surface area contributed by atoms with Crippen molar-refractivity contribution in [2.75, 3.05) is 25.7 Å². The van der Waals surface area contributed by atoms with Gasteiger partial charge >= 0.3 is 0 Å². The minimum atomic E-state index is -0.287. The van der Waals surface area contributed by atoms with Gasteiger partial charge in [0, 0.05) is 24.3 Å². The number of amides is 1. The number of rotatable bonds is 8. The normalized spacial score (nSPS) is 22.8. The van der Waals surface area contributed by atoms with Crippen molar-refractivity contribution in [1.82, 2.24) is 4.98 Å². The molecule has 0 aliphatic heterocycles. The third kappa shape index (κ3) is 6.35. The van der Waals surface area contributed by atoms with E-state index in [1.165, 1.54) is 16.9 Å². The summed E-state index contributed by atoms with van der Waals surface area (Å²) >= 11 is 1.50. The molecule has 5 rings (SSSR count). The monoisotopic (exact) mass is 558 g/mol. The van der Waals surface area contributed by atoms with E-state index in [0.717, 1.165) is 66.0 Å². The highest BCUT2D eigenvalue weighted by Crippen LogP contribution is 2.39. The Morgan fingerprint density at radius 3 is 2.50 bits per heavy atom. The molecule has 0 radical (unpaired) electrons. The molecule has 2 aromatic carbocycles. The lowest BCUT2D eigenvalue weighted by molar-refractivity contribution is -0.124. The average Bonchev–Trinajstić information content (AvgIpc) is 3.49. The molecule has 40 heavy (non-hydrogen) atoms. The molecule has 1 heterocycles. The number of terminal acetylenes is 1. The van der Waals surface area contributed by atoms with Gasteiger partial charge in [-0.1, -0.05) is 35.5 Å². The van der Waals surface area contributed by atoms with Crippen LogP contribution in [0, 0.1) is 24.2 Å². The first-order chi connectivity index (χ1) is 19.5. The Kier molecular flexibility index (Phi) is 9.08. The molecule has 0 unspecified atom stereocenters. The van der Waals surface area contributed by atoms with Crippen molar-refractivity contribution in [3.8, 4) is 33.7 Å². The Bertz CT molecular complexity index is 1350. The lowest BCUT2D eigenvalue weighted by atomic mass is 9.78. The molecule has 1 aromatic heterocycles. The summed E-state index contributed by atoms with van der Waals surface area (Å²) < 4.78 is 10.7. The number of ether oxygens (including phenoxy) is 2. The quantitative estimate of drug-likeness (QED) is 0.313. The number of thiazole rings is 1. The average molecular weight is 559 g/mol. The Balaban J connectivity index is 1.33. The van der Waals surface area contributed by atoms with Gasteiger partial charge in [0.25, 0.3) is 5.19 Å². The minimum Gasteiger partial charge on any atom is -0.495 e. The first-order valence-electron chi connectivity index (χ1n) is 14.2. The summed E-state index contributed by atoms with van der Waals surface area (Å²) in [6.07, 6.45) is 14.4. The zero-order valence-corrected chi connectivity index (χ0v) is 24.2. The highest BCUT2D eigenvalue weighted by atomic mass is 32.1. The second kappa shape index (κ2) is 12.9. The van der Waals surface area contributed by atoms with Gasteiger partial charge in [-0.25, -0.2) is 4.98 Å². The molecule has 0 saturated heterocycles. The van der Waals surface area contributed by atoms with Crippen molar-refractivity contribution in [3.05, 3.63) is 59.8 Å². The van der Waals surface area contributed by atoms with Crippen molar-refractivity contribution in [3.63, 3.8) is 0 Å². The van der Waals surface area contributed by atoms with Crippen LogP contribution in [-0.4, -0.2) is 42.9 Å². The summed E-state index contributed by atoms with van der Waals surface area (Å²) in [6.45, 7) is 0.707. The number of hydrogen-bond acceptors (Lipinski definition) is 6. The number of carbonyl (C=O) groups is 1. The Hall–Kier alpha value is -3.34. The summed E-state index contributed by atoms with van der Waals surface area (Å²) in [5.41, 5.74) is 4.03. The Labute approximate surface area is 241 Å². The topological polar surface area (TPSA) is 71.9 Å². The van der Waals surface area contributed by atoms with Crippen molar-refractivity contribution in [2.45, 2.75) is 63.4 Å². The Morgan fingerprint density at radius 2 is 1.82 bits per heavy atom. The smallest absolute Gasteiger partial charge is 0.273 e. The van der Waals surface area contributed by atoms with Gasteiger partial charge in [-0.15, -0.1) is 6.42 Å². The molecule has 1 N–H and O–H groups in total. The molecular formula is C33H38N2O4S. The van der Waals surface area contributed by atoms with Crippen molar-refractivity contribution in [1.29, 1.82) is 0 Å². The molecule has 6 nitrogen and oxygen atoms in total. The van der Waals surface area contributed by atoms with Crippen LogP contribution in [0.2, 0.25) is 0 Å². The summed E-state index contributed by atoms with van der Waals surface area (Å²) in [5, 5.41) is 10.7. The maximum atomic E-state index is 14.0. The number of anilines is 1. The number of benzene rings is 2. The van der Waals surface area contributed by atoms with Crippen LogP contribution in [0.3, 0.4) is 0 Å². The summed E-state index contributed by atoms with van der Waals surface area (Å²) in [5.74, 6) is 4.51. The first kappa shape index (κ1) is 28.2. The van der Waals surface area contributed by atoms with Gasteiger partial charge in [0.15, 0.2) is 0 Å². The predicted molar refractivity (Wildman–Crippen MR) is 160 cm³/mol. The molecule has 2 aliphatic rings. The number of aromatic nitrogens is 1. The third-order valence-corrected chi connectivity index (χ3v) is 9.56. The molecular weight excluding hydrogens is 520 g/mol. The maximum Gasteiger partial charge on any atom is 0.273 e. The summed E-state index contributed by atoms with van der Waals surface area (Å²) in [7, 11) is 3.27. The van der Waals surface area contributed by atoms with Crippen LogP contribution in [0.15, 0.2) is 48.7 Å². The standard InChI is InChI=1S/C33H38N2O4S/c1-4-23-18-26(14-17-30(23)38-2)24-10-8-22(9-11-24)21-35(32(37)25-12-15-29(36)16-13-25)28-7-5-6-27(19-28)31-20-34-33(39-3)40-31/h1,5-7,14,17-20,22,24-25,29,36H,8-13,15-16,21H2,2-3H3/t22-,24-,25-,29-. The number of aliphatic hydroxyl groups is 1. The zero-order chi connectivity index (χ0) is 28.1. The van der Waals surface area contributed by atoms with E-state index >= 15 is 0 Å². The minimum absolute atomic E-state index is 0.0478. The number of aliphatic hydroxyl groups excluding tert-OH is 1. The third-order valence-electron chi connectivity index (χ3n) is 8.55. The van der Waals surface area contributed by atoms with Crippen LogP contribution < -0.4 is 14.4 Å². The van der Waals surface area contributed by atoms with Crippen LogP contribution in [-0.2, 0) is 4.79 Å². The second-order valence-electron chi connectivity index (χ2n) is 11.0. The zero-order valence-electron chi connectivity index (χ0n) is 23.3. The molecule has 7 heteroatoms. The second-order valence-corrected chi connectivity index (χ2v) is 12.0. The van der Waals surface area contributed by atoms with Crippen LogP contribution in [0.1, 0.15) is 68.4 Å². The molecule has 0 atom stereocenters. The van der Waals surface area contributed by atoms with Gasteiger partial charge in [0.1, 0.15) is 5.75 Å². The van der Waals surface area contributed by atoms with Crippen molar-refractivity contribution < 1.29 is 19.4 Å². The van der Waals surface area contributed by atoms with E-state index in [0.29, 0.717) is 36.4 Å². The van der Waals surface area contributed by atoms with Gasteiger partial charge < -0.3 is 19.5 Å². The molecule has 210 valence electrons. The highest BCUT2D eigenvalue weighted by Gasteiger charge is 2.32. The summed E-state index contributed by atoms with van der Waals surface area (Å²) in [4.78, 5) is 21.3. The van der Waals surface area contributed by atoms with Crippen molar-refractivity contribution in [2.24, 2.45) is 11.8 Å². The molecule has 2 saturated carbocycles. The van der Waals surface area contributed by atoms with E-state index in [2.05, 4.69) is 35.2 Å². The van der Waals surface area contributed by atoms with Gasteiger partial charge in [-0.05, 0) is 98.6 Å². The molecule has 1 amide bonds. The number of methoxy groups -OCH3 is 2. The van der Waals surface area contributed by atoms with Crippen molar-refractivity contribution >= 4 is 22.9 Å². The van der Waals surface area contributed by atoms with E-state index in [1.54, 1.807) is 14.2 Å². The fraction of sp³-hybridized carbons (Fsp3) is 0.455. The fourth-order valence-electron chi connectivity index (χ4n) is 6.21. The molecule has 2 aliphatic carbocycles. The molecule has 3 aromatic rings. The summed E-state index contributed by atoms with van der Waals surface area (Å²) in [6, 6.07) is 14.4.